The first-order chi connectivity index (χ1) is 13.9. The van der Waals surface area contributed by atoms with Crippen LogP contribution in [0.4, 0.5) is 13.2 Å². The second kappa shape index (κ2) is 9.17. The maximum Gasteiger partial charge on any atom is 0.401 e. The summed E-state index contributed by atoms with van der Waals surface area (Å²) in [6.07, 6.45) is -1.67. The average molecular weight is 410 g/mol. The van der Waals surface area contributed by atoms with Gasteiger partial charge in [0.2, 0.25) is 0 Å². The maximum absolute atomic E-state index is 12.5. The van der Waals surface area contributed by atoms with Crippen molar-refractivity contribution >= 4 is 5.96 Å². The topological polar surface area (TPSA) is 66.7 Å². The lowest BCUT2D eigenvalue weighted by molar-refractivity contribution is -0.143. The van der Waals surface area contributed by atoms with Gasteiger partial charge in [-0.15, -0.1) is 0 Å². The van der Waals surface area contributed by atoms with Crippen LogP contribution in [0.5, 0.6) is 5.75 Å². The molecule has 1 atom stereocenters. The fourth-order valence-corrected chi connectivity index (χ4v) is 3.24. The standard InChI is InChI=1S/C19H25F3N6O/c1-23-18(25-15-7-9-27(12-15)13-19(20,21)22)24-11-14-8-10-28(26-14)16-3-5-17(29-2)6-4-16/h3-6,8,10,15H,7,9,11-13H2,1-2H3,(H2,23,24,25). The first kappa shape index (κ1) is 21.0. The van der Waals surface area contributed by atoms with E-state index >= 15 is 0 Å². The number of likely N-dealkylation sites (tertiary alicyclic amines) is 1. The molecule has 1 aromatic carbocycles. The largest absolute Gasteiger partial charge is 0.497 e. The first-order valence-corrected chi connectivity index (χ1v) is 9.31. The van der Waals surface area contributed by atoms with E-state index in [0.717, 1.165) is 17.1 Å². The van der Waals surface area contributed by atoms with Gasteiger partial charge in [0, 0.05) is 32.4 Å². The van der Waals surface area contributed by atoms with E-state index in [1.54, 1.807) is 18.8 Å². The maximum atomic E-state index is 12.5. The molecule has 1 aliphatic rings. The molecular formula is C19H25F3N6O. The van der Waals surface area contributed by atoms with Gasteiger partial charge in [-0.05, 0) is 36.8 Å². The normalized spacial score (nSPS) is 18.1. The Kier molecular flexibility index (Phi) is 6.63. The van der Waals surface area contributed by atoms with Gasteiger partial charge in [0.1, 0.15) is 5.75 Å². The SMILES string of the molecule is CN=C(NCc1ccn(-c2ccc(OC)cc2)n1)NC1CCN(CC(F)(F)F)C1. The molecule has 158 valence electrons. The van der Waals surface area contributed by atoms with Gasteiger partial charge in [-0.3, -0.25) is 9.89 Å². The minimum absolute atomic E-state index is 0.0691. The summed E-state index contributed by atoms with van der Waals surface area (Å²) in [7, 11) is 3.25. The van der Waals surface area contributed by atoms with Gasteiger partial charge in [0.15, 0.2) is 5.96 Å². The molecule has 1 saturated heterocycles. The van der Waals surface area contributed by atoms with Crippen molar-refractivity contribution in [2.24, 2.45) is 4.99 Å². The summed E-state index contributed by atoms with van der Waals surface area (Å²) in [6, 6.07) is 9.38. The molecule has 29 heavy (non-hydrogen) atoms. The predicted molar refractivity (Wildman–Crippen MR) is 104 cm³/mol. The van der Waals surface area contributed by atoms with Crippen LogP contribution in [0.2, 0.25) is 0 Å². The lowest BCUT2D eigenvalue weighted by Gasteiger charge is -2.19. The Balaban J connectivity index is 1.49. The summed E-state index contributed by atoms with van der Waals surface area (Å²) in [4.78, 5) is 5.56. The molecule has 10 heteroatoms. The second-order valence-corrected chi connectivity index (χ2v) is 6.86. The third kappa shape index (κ3) is 6.11. The van der Waals surface area contributed by atoms with Crippen LogP contribution in [0, 0.1) is 0 Å². The number of nitrogens with zero attached hydrogens (tertiary/aromatic N) is 4. The predicted octanol–water partition coefficient (Wildman–Crippen LogP) is 2.18. The van der Waals surface area contributed by atoms with Crippen LogP contribution in [-0.2, 0) is 6.54 Å². The number of aliphatic imine (C=N–C) groups is 1. The number of rotatable bonds is 6. The zero-order valence-corrected chi connectivity index (χ0v) is 16.4. The fraction of sp³-hybridized carbons (Fsp3) is 0.474. The van der Waals surface area contributed by atoms with E-state index < -0.39 is 12.7 Å². The fourth-order valence-electron chi connectivity index (χ4n) is 3.24. The molecular weight excluding hydrogens is 385 g/mol. The number of aromatic nitrogens is 2. The number of ether oxygens (including phenoxy) is 1. The van der Waals surface area contributed by atoms with Crippen LogP contribution in [0.3, 0.4) is 0 Å². The average Bonchev–Trinajstić information content (AvgIpc) is 3.33. The first-order valence-electron chi connectivity index (χ1n) is 9.31. The molecule has 7 nitrogen and oxygen atoms in total. The molecule has 1 unspecified atom stereocenters. The number of nitrogens with one attached hydrogen (secondary N) is 2. The summed E-state index contributed by atoms with van der Waals surface area (Å²) in [5, 5.41) is 10.9. The number of benzene rings is 1. The van der Waals surface area contributed by atoms with Crippen LogP contribution >= 0.6 is 0 Å². The molecule has 0 bridgehead atoms. The van der Waals surface area contributed by atoms with E-state index in [1.165, 1.54) is 4.90 Å². The molecule has 1 aromatic heterocycles. The monoisotopic (exact) mass is 410 g/mol. The van der Waals surface area contributed by atoms with Gasteiger partial charge in [-0.1, -0.05) is 0 Å². The highest BCUT2D eigenvalue weighted by molar-refractivity contribution is 5.79. The molecule has 1 fully saturated rings. The van der Waals surface area contributed by atoms with E-state index in [9.17, 15) is 13.2 Å². The lowest BCUT2D eigenvalue weighted by atomic mass is 10.3. The molecule has 0 radical (unpaired) electrons. The van der Waals surface area contributed by atoms with E-state index in [0.29, 0.717) is 32.0 Å². The second-order valence-electron chi connectivity index (χ2n) is 6.86. The van der Waals surface area contributed by atoms with Crippen molar-refractivity contribution in [2.45, 2.75) is 25.2 Å². The van der Waals surface area contributed by atoms with E-state index in [2.05, 4.69) is 20.7 Å². The van der Waals surface area contributed by atoms with Crippen molar-refractivity contribution < 1.29 is 17.9 Å². The van der Waals surface area contributed by atoms with Crippen molar-refractivity contribution in [1.82, 2.24) is 25.3 Å². The summed E-state index contributed by atoms with van der Waals surface area (Å²) in [6.45, 7) is 0.328. The van der Waals surface area contributed by atoms with Crippen LogP contribution in [0.1, 0.15) is 12.1 Å². The van der Waals surface area contributed by atoms with E-state index in [1.807, 2.05) is 36.5 Å². The van der Waals surface area contributed by atoms with Crippen molar-refractivity contribution in [3.05, 3.63) is 42.2 Å². The van der Waals surface area contributed by atoms with Gasteiger partial charge >= 0.3 is 6.18 Å². The molecule has 2 N–H and O–H groups in total. The number of alkyl halides is 3. The van der Waals surface area contributed by atoms with Crippen LogP contribution in [-0.4, -0.2) is 66.6 Å². The van der Waals surface area contributed by atoms with Crippen LogP contribution in [0.25, 0.3) is 5.69 Å². The molecule has 2 aromatic rings. The Morgan fingerprint density at radius 2 is 2.03 bits per heavy atom. The third-order valence-electron chi connectivity index (χ3n) is 4.66. The number of methoxy groups -OCH3 is 1. The Hall–Kier alpha value is -2.75. The number of halogens is 3. The molecule has 2 heterocycles. The molecule has 1 aliphatic heterocycles. The Morgan fingerprint density at radius 1 is 1.28 bits per heavy atom. The molecule has 0 saturated carbocycles. The van der Waals surface area contributed by atoms with Crippen molar-refractivity contribution in [2.75, 3.05) is 33.8 Å². The molecule has 0 amide bonds. The summed E-state index contributed by atoms with van der Waals surface area (Å²) in [5.74, 6) is 1.32. The molecule has 0 aliphatic carbocycles. The molecule has 0 spiro atoms. The van der Waals surface area contributed by atoms with Gasteiger partial charge in [-0.2, -0.15) is 18.3 Å². The summed E-state index contributed by atoms with van der Waals surface area (Å²) < 4.78 is 44.5. The van der Waals surface area contributed by atoms with Gasteiger partial charge in [-0.25, -0.2) is 4.68 Å². The van der Waals surface area contributed by atoms with Crippen molar-refractivity contribution in [3.63, 3.8) is 0 Å². The zero-order chi connectivity index (χ0) is 20.9. The minimum atomic E-state index is -4.17. The van der Waals surface area contributed by atoms with Crippen molar-refractivity contribution in [3.8, 4) is 11.4 Å². The van der Waals surface area contributed by atoms with E-state index in [-0.39, 0.29) is 6.04 Å². The highest BCUT2D eigenvalue weighted by Crippen LogP contribution is 2.20. The minimum Gasteiger partial charge on any atom is -0.497 e. The highest BCUT2D eigenvalue weighted by Gasteiger charge is 2.34. The number of guanidine groups is 1. The van der Waals surface area contributed by atoms with Crippen molar-refractivity contribution in [1.29, 1.82) is 0 Å². The summed E-state index contributed by atoms with van der Waals surface area (Å²) in [5.41, 5.74) is 1.73. The van der Waals surface area contributed by atoms with Crippen LogP contribution in [0.15, 0.2) is 41.5 Å². The number of hydrogen-bond acceptors (Lipinski definition) is 4. The van der Waals surface area contributed by atoms with Crippen LogP contribution < -0.4 is 15.4 Å². The lowest BCUT2D eigenvalue weighted by Crippen LogP contribution is -2.45. The Bertz CT molecular complexity index is 818. The third-order valence-corrected chi connectivity index (χ3v) is 4.66. The Morgan fingerprint density at radius 3 is 2.69 bits per heavy atom. The van der Waals surface area contributed by atoms with E-state index in [4.69, 9.17) is 4.74 Å². The number of hydrogen-bond donors (Lipinski definition) is 2. The van der Waals surface area contributed by atoms with Gasteiger partial charge in [0.25, 0.3) is 0 Å². The summed E-state index contributed by atoms with van der Waals surface area (Å²) >= 11 is 0. The highest BCUT2D eigenvalue weighted by atomic mass is 19.4. The molecule has 3 rings (SSSR count). The Labute approximate surface area is 167 Å². The van der Waals surface area contributed by atoms with Gasteiger partial charge < -0.3 is 15.4 Å². The quantitative estimate of drug-likeness (QED) is 0.565. The smallest absolute Gasteiger partial charge is 0.401 e. The van der Waals surface area contributed by atoms with Gasteiger partial charge in [0.05, 0.1) is 31.6 Å². The zero-order valence-electron chi connectivity index (χ0n) is 16.4.